The molecule has 0 bridgehead atoms. The molecule has 2 N–H and O–H groups in total. The van der Waals surface area contributed by atoms with Crippen LogP contribution < -0.4 is 21.1 Å². The number of aromatic nitrogens is 2. The molecule has 0 aliphatic carbocycles. The molecule has 0 radical (unpaired) electrons. The van der Waals surface area contributed by atoms with Gasteiger partial charge in [-0.2, -0.15) is 5.10 Å². The average molecular weight is 675 g/mol. The Kier molecular flexibility index (Phi) is 8.03. The van der Waals surface area contributed by atoms with Crippen LogP contribution >= 0.6 is 15.9 Å². The molecule has 4 saturated heterocycles. The van der Waals surface area contributed by atoms with Crippen molar-refractivity contribution in [2.45, 2.75) is 43.7 Å². The Morgan fingerprint density at radius 1 is 1.00 bits per heavy atom. The minimum atomic E-state index is -0.244. The number of hydrogen-bond acceptors (Lipinski definition) is 8. The Hall–Kier alpha value is -3.54. The number of carbonyl (C=O) groups is 2. The second-order valence-corrected chi connectivity index (χ2v) is 14.4. The van der Waals surface area contributed by atoms with E-state index in [2.05, 4.69) is 89.8 Å². The van der Waals surface area contributed by atoms with Gasteiger partial charge in [0.15, 0.2) is 0 Å². The smallest absolute Gasteiger partial charge is 0.282 e. The van der Waals surface area contributed by atoms with Gasteiger partial charge in [-0.1, -0.05) is 36.4 Å². The van der Waals surface area contributed by atoms with E-state index in [1.54, 1.807) is 13.2 Å². The van der Waals surface area contributed by atoms with Gasteiger partial charge in [0.1, 0.15) is 4.47 Å². The summed E-state index contributed by atoms with van der Waals surface area (Å²) in [5.41, 5.74) is 5.82. The van der Waals surface area contributed by atoms with E-state index in [9.17, 15) is 14.4 Å². The third-order valence-corrected chi connectivity index (χ3v) is 10.7. The van der Waals surface area contributed by atoms with Crippen LogP contribution in [0.5, 0.6) is 0 Å². The summed E-state index contributed by atoms with van der Waals surface area (Å²) >= 11 is 3.44. The minimum absolute atomic E-state index is 0.143. The van der Waals surface area contributed by atoms with Gasteiger partial charge in [-0.25, -0.2) is 4.68 Å². The van der Waals surface area contributed by atoms with Crippen LogP contribution in [0.25, 0.3) is 0 Å². The predicted molar refractivity (Wildman–Crippen MR) is 177 cm³/mol. The molecule has 2 amide bonds. The molecular weight excluding hydrogens is 634 g/mol. The summed E-state index contributed by atoms with van der Waals surface area (Å²) in [5.74, 6) is -0.184. The number of nitrogens with one attached hydrogen (secondary N) is 2. The van der Waals surface area contributed by atoms with E-state index in [0.29, 0.717) is 28.6 Å². The summed E-state index contributed by atoms with van der Waals surface area (Å²) in [6.07, 6.45) is 3.69. The summed E-state index contributed by atoms with van der Waals surface area (Å²) in [6.45, 7) is 7.17. The van der Waals surface area contributed by atoms with Crippen molar-refractivity contribution in [2.24, 2.45) is 12.5 Å². The van der Waals surface area contributed by atoms with Gasteiger partial charge in [0, 0.05) is 76.4 Å². The van der Waals surface area contributed by atoms with Gasteiger partial charge in [0.05, 0.1) is 17.8 Å². The van der Waals surface area contributed by atoms with Crippen molar-refractivity contribution in [2.75, 3.05) is 56.5 Å². The molecule has 236 valence electrons. The topological polar surface area (TPSA) is 103 Å². The molecule has 3 atom stereocenters. The number of hydrogen-bond donors (Lipinski definition) is 2. The van der Waals surface area contributed by atoms with Crippen LogP contribution in [0.1, 0.15) is 47.8 Å². The molecule has 10 nitrogen and oxygen atoms in total. The normalized spacial score (nSPS) is 25.0. The lowest BCUT2D eigenvalue weighted by atomic mass is 9.72. The minimum Gasteiger partial charge on any atom is -0.379 e. The van der Waals surface area contributed by atoms with E-state index in [1.165, 1.54) is 21.5 Å². The maximum absolute atomic E-state index is 12.4. The van der Waals surface area contributed by atoms with Crippen LogP contribution in [0, 0.1) is 5.41 Å². The first kappa shape index (κ1) is 30.1. The maximum Gasteiger partial charge on any atom is 0.282 e. The Morgan fingerprint density at radius 3 is 2.53 bits per heavy atom. The van der Waals surface area contributed by atoms with Crippen LogP contribution in [0.15, 0.2) is 64.0 Å². The quantitative estimate of drug-likeness (QED) is 0.369. The van der Waals surface area contributed by atoms with Crippen molar-refractivity contribution in [3.63, 3.8) is 0 Å². The number of anilines is 2. The van der Waals surface area contributed by atoms with Crippen molar-refractivity contribution < 1.29 is 9.59 Å². The van der Waals surface area contributed by atoms with Crippen molar-refractivity contribution in [3.05, 3.63) is 86.2 Å². The second kappa shape index (κ2) is 12.0. The van der Waals surface area contributed by atoms with Crippen molar-refractivity contribution in [3.8, 4) is 0 Å². The summed E-state index contributed by atoms with van der Waals surface area (Å²) in [5, 5.41) is 10.2. The Morgan fingerprint density at radius 2 is 1.78 bits per heavy atom. The number of likely N-dealkylation sites (N-methyl/N-ethyl adjacent to an activating group) is 1. The maximum atomic E-state index is 12.4. The van der Waals surface area contributed by atoms with Gasteiger partial charge >= 0.3 is 0 Å². The lowest BCUT2D eigenvalue weighted by Crippen LogP contribution is -2.71. The van der Waals surface area contributed by atoms with Crippen LogP contribution in [-0.4, -0.2) is 83.8 Å². The Labute approximate surface area is 271 Å². The van der Waals surface area contributed by atoms with Crippen molar-refractivity contribution in [1.82, 2.24) is 24.9 Å². The molecule has 3 unspecified atom stereocenters. The van der Waals surface area contributed by atoms with E-state index >= 15 is 0 Å². The molecule has 1 aromatic heterocycles. The molecule has 11 heteroatoms. The first-order valence-corrected chi connectivity index (χ1v) is 16.6. The number of aryl methyl sites for hydroxylation is 1. The third kappa shape index (κ3) is 6.17. The lowest BCUT2D eigenvalue weighted by molar-refractivity contribution is -0.134. The van der Waals surface area contributed by atoms with Crippen LogP contribution in [0.3, 0.4) is 0 Å². The highest BCUT2D eigenvalue weighted by molar-refractivity contribution is 9.10. The number of likely N-dealkylation sites (tertiary alicyclic amines) is 2. The first-order chi connectivity index (χ1) is 21.6. The summed E-state index contributed by atoms with van der Waals surface area (Å²) < 4.78 is 1.86. The first-order valence-electron chi connectivity index (χ1n) is 15.8. The number of imide groups is 1. The average Bonchev–Trinajstić information content (AvgIpc) is 2.98. The highest BCUT2D eigenvalue weighted by atomic mass is 79.9. The predicted octanol–water partition coefficient (Wildman–Crippen LogP) is 3.29. The number of halogens is 1. The van der Waals surface area contributed by atoms with Crippen molar-refractivity contribution in [1.29, 1.82) is 0 Å². The number of benzene rings is 2. The van der Waals surface area contributed by atoms with Crippen LogP contribution in [-0.2, 0) is 23.2 Å². The number of nitrogens with zero attached hydrogens (tertiary/aromatic N) is 5. The molecule has 5 heterocycles. The molecule has 1 spiro atoms. The third-order valence-electron chi connectivity index (χ3n) is 9.98. The highest BCUT2D eigenvalue weighted by Crippen LogP contribution is 2.43. The second-order valence-electron chi connectivity index (χ2n) is 13.6. The molecule has 4 aliphatic rings. The fourth-order valence-corrected chi connectivity index (χ4v) is 8.23. The number of piperidine rings is 2. The van der Waals surface area contributed by atoms with Crippen LogP contribution in [0.2, 0.25) is 0 Å². The van der Waals surface area contributed by atoms with E-state index in [-0.39, 0.29) is 29.3 Å². The van der Waals surface area contributed by atoms with Gasteiger partial charge in [-0.15, -0.1) is 0 Å². The SMILES string of the molecule is CN1CC(Nc2cnn(C)c(=O)c2Br)CC(c2ccc(CN3CC4(C3)CN(c3cccc(C5CCC(=O)NC5=O)c3)C4)cc2)C1. The van der Waals surface area contributed by atoms with E-state index in [1.807, 2.05) is 12.1 Å². The number of amides is 2. The van der Waals surface area contributed by atoms with Gasteiger partial charge < -0.3 is 15.1 Å². The summed E-state index contributed by atoms with van der Waals surface area (Å²) in [7, 11) is 3.81. The molecule has 2 aromatic carbocycles. The molecule has 45 heavy (non-hydrogen) atoms. The molecule has 0 saturated carbocycles. The molecular formula is C34H40BrN7O3. The van der Waals surface area contributed by atoms with Crippen LogP contribution in [0.4, 0.5) is 11.4 Å². The molecule has 7 rings (SSSR count). The number of carbonyl (C=O) groups excluding carboxylic acids is 2. The zero-order valence-corrected chi connectivity index (χ0v) is 27.4. The zero-order valence-electron chi connectivity index (χ0n) is 25.8. The zero-order chi connectivity index (χ0) is 31.3. The molecule has 4 aliphatic heterocycles. The Bertz CT molecular complexity index is 1660. The van der Waals surface area contributed by atoms with Gasteiger partial charge in [-0.05, 0) is 70.6 Å². The summed E-state index contributed by atoms with van der Waals surface area (Å²) in [4.78, 5) is 43.5. The van der Waals surface area contributed by atoms with E-state index in [4.69, 9.17) is 0 Å². The van der Waals surface area contributed by atoms with Gasteiger partial charge in [0.25, 0.3) is 5.56 Å². The van der Waals surface area contributed by atoms with Gasteiger partial charge in [-0.3, -0.25) is 24.6 Å². The Balaban J connectivity index is 0.904. The monoisotopic (exact) mass is 673 g/mol. The number of rotatable bonds is 7. The molecule has 3 aromatic rings. The fourth-order valence-electron chi connectivity index (χ4n) is 7.76. The van der Waals surface area contributed by atoms with Crippen molar-refractivity contribution >= 4 is 39.1 Å². The summed E-state index contributed by atoms with van der Waals surface area (Å²) in [6, 6.07) is 17.7. The lowest BCUT2D eigenvalue weighted by Gasteiger charge is -2.61. The van der Waals surface area contributed by atoms with Gasteiger partial charge in [0.2, 0.25) is 11.8 Å². The largest absolute Gasteiger partial charge is 0.379 e. The standard InChI is InChI=1S/C34H40BrN7O3/c1-39-16-25(12-26(17-39)37-29-14-36-40(2)33(45)31(29)35)23-8-6-22(7-9-23)15-41-18-34(19-41)20-42(21-34)27-5-3-4-24(13-27)28-10-11-30(43)38-32(28)44/h3-9,13-14,25-26,28,37H,10-12,15-21H2,1-2H3,(H,38,43,44). The van der Waals surface area contributed by atoms with E-state index in [0.717, 1.165) is 63.5 Å². The fraction of sp³-hybridized carbons (Fsp3) is 0.471. The van der Waals surface area contributed by atoms with E-state index < -0.39 is 0 Å². The molecule has 4 fully saturated rings. The highest BCUT2D eigenvalue weighted by Gasteiger charge is 2.51.